The van der Waals surface area contributed by atoms with Gasteiger partial charge in [-0.2, -0.15) is 0 Å². The van der Waals surface area contributed by atoms with Crippen LogP contribution in [0.4, 0.5) is 17.1 Å². The van der Waals surface area contributed by atoms with Gasteiger partial charge in [-0.05, 0) is 83.9 Å². The first-order chi connectivity index (χ1) is 19.4. The molecule has 2 aliphatic heterocycles. The van der Waals surface area contributed by atoms with Crippen molar-refractivity contribution in [2.45, 2.75) is 18.9 Å². The van der Waals surface area contributed by atoms with Crippen LogP contribution < -0.4 is 10.2 Å². The Morgan fingerprint density at radius 2 is 1.75 bits per heavy atom. The zero-order valence-corrected chi connectivity index (χ0v) is 22.5. The van der Waals surface area contributed by atoms with Gasteiger partial charge in [-0.25, -0.2) is 0 Å². The van der Waals surface area contributed by atoms with Gasteiger partial charge in [0.15, 0.2) is 0 Å². The van der Waals surface area contributed by atoms with E-state index in [1.807, 2.05) is 42.5 Å². The molecule has 0 aromatic heterocycles. The lowest BCUT2D eigenvalue weighted by molar-refractivity contribution is -0.123. The van der Waals surface area contributed by atoms with Crippen molar-refractivity contribution in [2.75, 3.05) is 23.9 Å². The van der Waals surface area contributed by atoms with Crippen molar-refractivity contribution in [2.24, 2.45) is 17.8 Å². The first-order valence-electron chi connectivity index (χ1n) is 13.2. The number of rotatable bonds is 6. The fraction of sp³-hybridized carbons (Fsp3) is 0.267. The molecule has 0 bridgehead atoms. The van der Waals surface area contributed by atoms with Gasteiger partial charge in [0.05, 0.1) is 30.2 Å². The number of nitrogens with zero attached hydrogens (tertiary/aromatic N) is 1. The minimum Gasteiger partial charge on any atom is -0.508 e. The van der Waals surface area contributed by atoms with Gasteiger partial charge in [0.1, 0.15) is 5.75 Å². The zero-order chi connectivity index (χ0) is 28.0. The lowest BCUT2D eigenvalue weighted by Gasteiger charge is -2.42. The largest absolute Gasteiger partial charge is 0.508 e. The van der Waals surface area contributed by atoms with Crippen LogP contribution in [0.3, 0.4) is 0 Å². The number of para-hydroxylation sites is 1. The number of hydrogen-bond acceptors (Lipinski definition) is 7. The summed E-state index contributed by atoms with van der Waals surface area (Å²) < 4.78 is 11.4. The first-order valence-corrected chi connectivity index (χ1v) is 13.6. The number of ether oxygens (including phenoxy) is 1. The van der Waals surface area contributed by atoms with Crippen LogP contribution in [0.25, 0.3) is 0 Å². The maximum absolute atomic E-state index is 14.0. The second-order valence-corrected chi connectivity index (χ2v) is 10.8. The average Bonchev–Trinajstić information content (AvgIpc) is 3.19. The van der Waals surface area contributed by atoms with Gasteiger partial charge in [0.25, 0.3) is 0 Å². The van der Waals surface area contributed by atoms with Crippen LogP contribution in [-0.2, 0) is 19.0 Å². The Bertz CT molecular complexity index is 1480. The number of halogens is 1. The third-order valence-corrected chi connectivity index (χ3v) is 8.38. The fourth-order valence-electron chi connectivity index (χ4n) is 6.33. The van der Waals surface area contributed by atoms with Gasteiger partial charge < -0.3 is 24.8 Å². The number of phenolic OH excluding ortho intramolecular Hbond substituents is 1. The predicted octanol–water partition coefficient (Wildman–Crippen LogP) is 5.04. The van der Waals surface area contributed by atoms with E-state index in [-0.39, 0.29) is 24.2 Å². The number of anilines is 3. The summed E-state index contributed by atoms with van der Waals surface area (Å²) >= 11 is 6.41. The number of carbonyl (C=O) groups is 2. The molecule has 2 amide bonds. The highest BCUT2D eigenvalue weighted by Gasteiger charge is 2.58. The lowest BCUT2D eigenvalue weighted by Crippen LogP contribution is -2.45. The van der Waals surface area contributed by atoms with Gasteiger partial charge in [0, 0.05) is 23.5 Å². The highest BCUT2D eigenvalue weighted by Crippen LogP contribution is 2.52. The van der Waals surface area contributed by atoms with E-state index in [2.05, 4.69) is 5.32 Å². The number of amides is 2. The molecule has 40 heavy (non-hydrogen) atoms. The number of fused-ring (bicyclic) bond motifs is 3. The first kappa shape index (κ1) is 26.6. The molecule has 0 saturated carbocycles. The van der Waals surface area contributed by atoms with Crippen LogP contribution in [0.15, 0.2) is 83.8 Å². The molecule has 3 aromatic carbocycles. The standard InChI is InChI=1S/C30H28BClN2O6/c1-39-16-17-13-24-27(23-15-26(40-31(38)28(17)23)22-12-11-21(35)14-25(22)32)30(37)34(29(24)36)20-9-7-19(8-10-20)33-18-5-3-2-4-6-18/h2-12,14,23-24,26-27,33,35,38H,13,15-16H2,1H3/t23-,24-,26-,27+/m0/s1. The molecular weight excluding hydrogens is 531 g/mol. The van der Waals surface area contributed by atoms with Crippen LogP contribution >= 0.6 is 11.6 Å². The second-order valence-electron chi connectivity index (χ2n) is 10.4. The van der Waals surface area contributed by atoms with Gasteiger partial charge in [-0.1, -0.05) is 35.9 Å². The summed E-state index contributed by atoms with van der Waals surface area (Å²) in [7, 11) is 0.280. The quantitative estimate of drug-likeness (QED) is 0.287. The number of carbonyl (C=O) groups excluding carboxylic acids is 2. The van der Waals surface area contributed by atoms with Gasteiger partial charge in [-0.3, -0.25) is 14.5 Å². The Kier molecular flexibility index (Phi) is 7.14. The summed E-state index contributed by atoms with van der Waals surface area (Å²) in [5, 5.41) is 24.5. The van der Waals surface area contributed by atoms with Crippen molar-refractivity contribution < 1.29 is 29.1 Å². The third-order valence-electron chi connectivity index (χ3n) is 8.05. The van der Waals surface area contributed by atoms with E-state index in [1.165, 1.54) is 17.0 Å². The summed E-state index contributed by atoms with van der Waals surface area (Å²) in [6.45, 7) is 0.224. The van der Waals surface area contributed by atoms with E-state index in [0.29, 0.717) is 34.6 Å². The normalized spacial score (nSPS) is 24.3. The van der Waals surface area contributed by atoms with E-state index in [1.54, 1.807) is 25.3 Å². The van der Waals surface area contributed by atoms with Crippen molar-refractivity contribution in [3.63, 3.8) is 0 Å². The Hall–Kier alpha value is -3.63. The van der Waals surface area contributed by atoms with Gasteiger partial charge in [0.2, 0.25) is 11.8 Å². The maximum Gasteiger partial charge on any atom is 0.487 e. The minimum atomic E-state index is -1.28. The fourth-order valence-corrected chi connectivity index (χ4v) is 6.63. The smallest absolute Gasteiger partial charge is 0.487 e. The van der Waals surface area contributed by atoms with Crippen LogP contribution in [0.1, 0.15) is 24.5 Å². The van der Waals surface area contributed by atoms with Crippen LogP contribution in [0.5, 0.6) is 5.75 Å². The van der Waals surface area contributed by atoms with Crippen molar-refractivity contribution in [3.8, 4) is 5.75 Å². The van der Waals surface area contributed by atoms with E-state index in [9.17, 15) is 19.7 Å². The SMILES string of the molecule is COCC1=C2B(O)O[C@H](c3ccc(O)cc3Cl)C[C@H]2[C@H]2C(=O)N(c3ccc(Nc4ccccc4)cc3)C(=O)[C@H]2C1. The van der Waals surface area contributed by atoms with Crippen molar-refractivity contribution >= 4 is 47.6 Å². The summed E-state index contributed by atoms with van der Waals surface area (Å²) in [4.78, 5) is 29.0. The van der Waals surface area contributed by atoms with E-state index in [4.69, 9.17) is 21.0 Å². The molecule has 10 heteroatoms. The maximum atomic E-state index is 14.0. The summed E-state index contributed by atoms with van der Waals surface area (Å²) in [6.07, 6.45) is 0.0296. The molecule has 3 aliphatic rings. The molecule has 2 fully saturated rings. The molecule has 1 aliphatic carbocycles. The van der Waals surface area contributed by atoms with E-state index < -0.39 is 31.0 Å². The van der Waals surface area contributed by atoms with E-state index in [0.717, 1.165) is 16.9 Å². The van der Waals surface area contributed by atoms with Crippen molar-refractivity contribution in [3.05, 3.63) is 94.4 Å². The van der Waals surface area contributed by atoms with E-state index >= 15 is 0 Å². The molecule has 0 radical (unpaired) electrons. The minimum absolute atomic E-state index is 0.0167. The number of benzene rings is 3. The lowest BCUT2D eigenvalue weighted by atomic mass is 9.55. The number of hydrogen-bond donors (Lipinski definition) is 3. The molecule has 3 aromatic rings. The zero-order valence-electron chi connectivity index (χ0n) is 21.8. The van der Waals surface area contributed by atoms with Crippen LogP contribution in [-0.4, -0.2) is 42.8 Å². The number of nitrogens with one attached hydrogen (secondary N) is 1. The average molecular weight is 559 g/mol. The van der Waals surface area contributed by atoms with Gasteiger partial charge >= 0.3 is 7.12 Å². The highest BCUT2D eigenvalue weighted by molar-refractivity contribution is 6.53. The predicted molar refractivity (Wildman–Crippen MR) is 152 cm³/mol. The third kappa shape index (κ3) is 4.69. The molecule has 6 rings (SSSR count). The molecule has 2 heterocycles. The van der Waals surface area contributed by atoms with Gasteiger partial charge in [-0.15, -0.1) is 0 Å². The summed E-state index contributed by atoms with van der Waals surface area (Å²) in [6, 6.07) is 21.5. The Morgan fingerprint density at radius 3 is 2.45 bits per heavy atom. The van der Waals surface area contributed by atoms with Crippen LogP contribution in [0, 0.1) is 17.8 Å². The molecule has 8 nitrogen and oxygen atoms in total. The van der Waals surface area contributed by atoms with Crippen molar-refractivity contribution in [1.29, 1.82) is 0 Å². The Morgan fingerprint density at radius 1 is 1.02 bits per heavy atom. The molecule has 3 N–H and O–H groups in total. The number of imide groups is 1. The molecule has 0 spiro atoms. The Labute approximate surface area is 237 Å². The molecule has 2 saturated heterocycles. The molecular formula is C30H28BClN2O6. The molecule has 204 valence electrons. The molecule has 0 unspecified atom stereocenters. The Balaban J connectivity index is 1.31. The highest BCUT2D eigenvalue weighted by atomic mass is 35.5. The summed E-state index contributed by atoms with van der Waals surface area (Å²) in [5.41, 5.74) is 4.26. The molecule has 4 atom stereocenters. The van der Waals surface area contributed by atoms with Crippen molar-refractivity contribution in [1.82, 2.24) is 0 Å². The second kappa shape index (κ2) is 10.7. The number of aromatic hydroxyl groups is 1. The van der Waals surface area contributed by atoms with Crippen LogP contribution in [0.2, 0.25) is 5.02 Å². The summed E-state index contributed by atoms with van der Waals surface area (Å²) in [5.74, 6) is -2.20. The number of methoxy groups -OCH3 is 1. The topological polar surface area (TPSA) is 108 Å². The number of phenols is 1. The monoisotopic (exact) mass is 558 g/mol. The number of allylic oxidation sites excluding steroid dienone is 1.